The molecule has 1 N–H and O–H groups in total. The molecule has 0 saturated carbocycles. The van der Waals surface area contributed by atoms with Crippen LogP contribution in [0.3, 0.4) is 0 Å². The fourth-order valence-electron chi connectivity index (χ4n) is 1.93. The van der Waals surface area contributed by atoms with Crippen LogP contribution < -0.4 is 4.74 Å². The van der Waals surface area contributed by atoms with Crippen LogP contribution in [0.5, 0.6) is 5.75 Å². The molecule has 0 amide bonds. The molecule has 0 spiro atoms. The number of carbonyl (C=O) groups is 1. The van der Waals surface area contributed by atoms with E-state index in [1.807, 2.05) is 0 Å². The largest absolute Gasteiger partial charge is 0.481 e. The molecule has 2 rings (SSSR count). The summed E-state index contributed by atoms with van der Waals surface area (Å²) >= 11 is 0. The van der Waals surface area contributed by atoms with Gasteiger partial charge in [0.05, 0.1) is 11.8 Å². The van der Waals surface area contributed by atoms with Crippen LogP contribution in [0.25, 0.3) is 10.8 Å². The minimum absolute atomic E-state index is 0.0313. The van der Waals surface area contributed by atoms with E-state index in [9.17, 15) is 13.6 Å². The summed E-state index contributed by atoms with van der Waals surface area (Å²) in [5, 5.41) is 9.14. The molecule has 20 heavy (non-hydrogen) atoms. The summed E-state index contributed by atoms with van der Waals surface area (Å²) in [5.41, 5.74) is 0.433. The number of hydrogen-bond acceptors (Lipinski definition) is 3. The quantitative estimate of drug-likeness (QED) is 0.857. The van der Waals surface area contributed by atoms with Gasteiger partial charge in [-0.05, 0) is 23.1 Å². The first kappa shape index (κ1) is 14.2. The number of benzene rings is 2. The van der Waals surface area contributed by atoms with Crippen LogP contribution in [0.15, 0.2) is 24.3 Å². The van der Waals surface area contributed by atoms with Crippen LogP contribution in [0.2, 0.25) is 0 Å². The minimum Gasteiger partial charge on any atom is -0.481 e. The SMILES string of the molecule is COCOc1cc(CC(=O)O)cc2ccc(F)c(F)c12. The summed E-state index contributed by atoms with van der Waals surface area (Å²) in [4.78, 5) is 10.8. The molecule has 2 aromatic rings. The zero-order valence-electron chi connectivity index (χ0n) is 10.7. The molecule has 0 unspecified atom stereocenters. The van der Waals surface area contributed by atoms with Crippen LogP contribution in [0, 0.1) is 11.6 Å². The number of carboxylic acids is 1. The van der Waals surface area contributed by atoms with E-state index in [4.69, 9.17) is 14.6 Å². The third-order valence-corrected chi connectivity index (χ3v) is 2.72. The highest BCUT2D eigenvalue weighted by atomic mass is 19.2. The highest BCUT2D eigenvalue weighted by molar-refractivity contribution is 5.90. The maximum Gasteiger partial charge on any atom is 0.307 e. The van der Waals surface area contributed by atoms with E-state index in [-0.39, 0.29) is 24.3 Å². The van der Waals surface area contributed by atoms with Gasteiger partial charge in [0, 0.05) is 7.11 Å². The summed E-state index contributed by atoms with van der Waals surface area (Å²) in [7, 11) is 1.39. The van der Waals surface area contributed by atoms with Crippen LogP contribution in [0.1, 0.15) is 5.56 Å². The second kappa shape index (κ2) is 5.83. The number of hydrogen-bond donors (Lipinski definition) is 1. The highest BCUT2D eigenvalue weighted by Gasteiger charge is 2.15. The van der Waals surface area contributed by atoms with Crippen LogP contribution in [0.4, 0.5) is 8.78 Å². The van der Waals surface area contributed by atoms with Gasteiger partial charge in [0.15, 0.2) is 18.4 Å². The molecule has 0 fully saturated rings. The van der Waals surface area contributed by atoms with Crippen LogP contribution >= 0.6 is 0 Å². The first-order valence-electron chi connectivity index (χ1n) is 5.77. The molecular formula is C14H12F2O4. The number of halogens is 2. The van der Waals surface area contributed by atoms with Gasteiger partial charge in [-0.3, -0.25) is 4.79 Å². The Morgan fingerprint density at radius 3 is 2.70 bits per heavy atom. The molecule has 0 aliphatic rings. The minimum atomic E-state index is -1.03. The lowest BCUT2D eigenvalue weighted by atomic mass is 10.0. The molecule has 0 atom stereocenters. The molecule has 0 aliphatic heterocycles. The van der Waals surface area contributed by atoms with Crippen molar-refractivity contribution in [2.75, 3.05) is 13.9 Å². The van der Waals surface area contributed by atoms with Gasteiger partial charge in [-0.2, -0.15) is 0 Å². The maximum atomic E-state index is 13.9. The van der Waals surface area contributed by atoms with E-state index in [0.717, 1.165) is 6.07 Å². The second-order valence-corrected chi connectivity index (χ2v) is 4.17. The van der Waals surface area contributed by atoms with Gasteiger partial charge < -0.3 is 14.6 Å². The van der Waals surface area contributed by atoms with E-state index in [2.05, 4.69) is 0 Å². The Bertz CT molecular complexity index is 655. The molecule has 4 nitrogen and oxygen atoms in total. The van der Waals surface area contributed by atoms with Gasteiger partial charge in [0.1, 0.15) is 5.75 Å². The number of carboxylic acid groups (broad SMARTS) is 1. The topological polar surface area (TPSA) is 55.8 Å². The summed E-state index contributed by atoms with van der Waals surface area (Å²) in [5.74, 6) is -3.00. The lowest BCUT2D eigenvalue weighted by Gasteiger charge is -2.11. The molecule has 0 radical (unpaired) electrons. The Kier molecular flexibility index (Phi) is 4.14. The summed E-state index contributed by atoms with van der Waals surface area (Å²) in [6.07, 6.45) is -0.238. The monoisotopic (exact) mass is 282 g/mol. The number of methoxy groups -OCH3 is 1. The average Bonchev–Trinajstić information content (AvgIpc) is 2.39. The third-order valence-electron chi connectivity index (χ3n) is 2.72. The van der Waals surface area contributed by atoms with Crippen LogP contribution in [-0.4, -0.2) is 25.0 Å². The van der Waals surface area contributed by atoms with Crippen molar-refractivity contribution in [3.05, 3.63) is 41.5 Å². The Labute approximate surface area is 113 Å². The van der Waals surface area contributed by atoms with Crippen molar-refractivity contribution < 1.29 is 28.2 Å². The lowest BCUT2D eigenvalue weighted by Crippen LogP contribution is -2.04. The fourth-order valence-corrected chi connectivity index (χ4v) is 1.93. The van der Waals surface area contributed by atoms with Gasteiger partial charge in [-0.25, -0.2) is 8.78 Å². The summed E-state index contributed by atoms with van der Waals surface area (Å²) in [6, 6.07) is 5.23. The zero-order chi connectivity index (χ0) is 14.7. The first-order valence-corrected chi connectivity index (χ1v) is 5.77. The van der Waals surface area contributed by atoms with Crippen molar-refractivity contribution in [1.29, 1.82) is 0 Å². The van der Waals surface area contributed by atoms with E-state index in [1.54, 1.807) is 0 Å². The Hall–Kier alpha value is -2.21. The number of ether oxygens (including phenoxy) is 2. The number of rotatable bonds is 5. The molecule has 6 heteroatoms. The van der Waals surface area contributed by atoms with Gasteiger partial charge in [0.25, 0.3) is 0 Å². The van der Waals surface area contributed by atoms with E-state index < -0.39 is 17.6 Å². The smallest absolute Gasteiger partial charge is 0.307 e. The molecule has 2 aromatic carbocycles. The second-order valence-electron chi connectivity index (χ2n) is 4.17. The zero-order valence-corrected chi connectivity index (χ0v) is 10.7. The third kappa shape index (κ3) is 2.85. The van der Waals surface area contributed by atoms with E-state index >= 15 is 0 Å². The molecule has 0 heterocycles. The summed E-state index contributed by atoms with van der Waals surface area (Å²) in [6.45, 7) is -0.151. The molecule has 0 aliphatic carbocycles. The maximum absolute atomic E-state index is 13.9. The Morgan fingerprint density at radius 1 is 1.30 bits per heavy atom. The molecule has 0 bridgehead atoms. The van der Waals surface area contributed by atoms with E-state index in [0.29, 0.717) is 10.9 Å². The predicted octanol–water partition coefficient (Wildman–Crippen LogP) is 2.73. The molecule has 0 saturated heterocycles. The normalized spacial score (nSPS) is 10.8. The number of fused-ring (bicyclic) bond motifs is 1. The van der Waals surface area contributed by atoms with Crippen molar-refractivity contribution in [1.82, 2.24) is 0 Å². The predicted molar refractivity (Wildman–Crippen MR) is 67.7 cm³/mol. The highest BCUT2D eigenvalue weighted by Crippen LogP contribution is 2.31. The van der Waals surface area contributed by atoms with Crippen molar-refractivity contribution in [2.45, 2.75) is 6.42 Å². The average molecular weight is 282 g/mol. The van der Waals surface area contributed by atoms with Gasteiger partial charge in [-0.1, -0.05) is 12.1 Å². The van der Waals surface area contributed by atoms with Crippen molar-refractivity contribution in [3.63, 3.8) is 0 Å². The van der Waals surface area contributed by atoms with Crippen molar-refractivity contribution in [2.24, 2.45) is 0 Å². The first-order chi connectivity index (χ1) is 9.52. The Morgan fingerprint density at radius 2 is 2.05 bits per heavy atom. The molecule has 0 aromatic heterocycles. The summed E-state index contributed by atoms with van der Waals surface area (Å²) < 4.78 is 37.1. The Balaban J connectivity index is 2.61. The van der Waals surface area contributed by atoms with Gasteiger partial charge in [-0.15, -0.1) is 0 Å². The molecule has 106 valence electrons. The van der Waals surface area contributed by atoms with E-state index in [1.165, 1.54) is 25.3 Å². The lowest BCUT2D eigenvalue weighted by molar-refractivity contribution is -0.136. The standard InChI is InChI=1S/C14H12F2O4/c1-19-7-20-11-5-8(6-12(17)18)4-9-2-3-10(15)14(16)13(9)11/h2-5H,6-7H2,1H3,(H,17,18). The van der Waals surface area contributed by atoms with Gasteiger partial charge in [0.2, 0.25) is 0 Å². The van der Waals surface area contributed by atoms with Crippen molar-refractivity contribution in [3.8, 4) is 5.75 Å². The number of aliphatic carboxylic acids is 1. The van der Waals surface area contributed by atoms with Crippen molar-refractivity contribution >= 4 is 16.7 Å². The molecular weight excluding hydrogens is 270 g/mol. The van der Waals surface area contributed by atoms with Crippen LogP contribution in [-0.2, 0) is 16.0 Å². The fraction of sp³-hybridized carbons (Fsp3) is 0.214. The van der Waals surface area contributed by atoms with Gasteiger partial charge >= 0.3 is 5.97 Å².